The maximum absolute atomic E-state index is 11.8. The Kier molecular flexibility index (Phi) is 6.91. The summed E-state index contributed by atoms with van der Waals surface area (Å²) in [6.45, 7) is 4.39. The lowest BCUT2D eigenvalue weighted by molar-refractivity contribution is -0.145. The van der Waals surface area contributed by atoms with Gasteiger partial charge in [0.15, 0.2) is 5.96 Å². The Morgan fingerprint density at radius 3 is 2.71 bits per heavy atom. The topological polar surface area (TPSA) is 53.9 Å². The van der Waals surface area contributed by atoms with Crippen LogP contribution in [0.25, 0.3) is 0 Å². The van der Waals surface area contributed by atoms with Gasteiger partial charge in [0.1, 0.15) is 0 Å². The van der Waals surface area contributed by atoms with Crippen LogP contribution in [0.2, 0.25) is 5.02 Å². The molecule has 0 aromatic heterocycles. The zero-order valence-corrected chi connectivity index (χ0v) is 15.3. The second-order valence-corrected chi connectivity index (χ2v) is 6.65. The maximum Gasteiger partial charge on any atom is 0.310 e. The summed E-state index contributed by atoms with van der Waals surface area (Å²) in [5, 5.41) is 4.15. The third kappa shape index (κ3) is 4.87. The van der Waals surface area contributed by atoms with E-state index >= 15 is 0 Å². The van der Waals surface area contributed by atoms with Gasteiger partial charge in [0.05, 0.1) is 13.0 Å². The molecular weight excluding hydrogens is 326 g/mol. The van der Waals surface area contributed by atoms with Gasteiger partial charge in [-0.25, -0.2) is 0 Å². The van der Waals surface area contributed by atoms with Gasteiger partial charge in [-0.3, -0.25) is 9.79 Å². The summed E-state index contributed by atoms with van der Waals surface area (Å²) in [5.41, 5.74) is 1.27. The van der Waals surface area contributed by atoms with Crippen molar-refractivity contribution in [2.24, 2.45) is 16.8 Å². The number of esters is 1. The first-order valence-corrected chi connectivity index (χ1v) is 8.70. The lowest BCUT2D eigenvalue weighted by Crippen LogP contribution is -2.41. The molecule has 6 heteroatoms. The van der Waals surface area contributed by atoms with Crippen LogP contribution in [0.1, 0.15) is 18.9 Å². The number of aryl methyl sites for hydroxylation is 1. The van der Waals surface area contributed by atoms with E-state index in [9.17, 15) is 4.79 Å². The highest BCUT2D eigenvalue weighted by Gasteiger charge is 2.36. The standard InChI is InChI=1S/C18H26ClN3O2/c1-13-11-22(12-16(13)17(23)24-3)18(20-2)21-10-4-5-14-6-8-15(19)9-7-14/h6-9,13,16H,4-5,10-12H2,1-3H3,(H,20,21). The molecule has 1 aromatic carbocycles. The molecular formula is C18H26ClN3O2. The van der Waals surface area contributed by atoms with Crippen LogP contribution < -0.4 is 5.32 Å². The van der Waals surface area contributed by atoms with Crippen molar-refractivity contribution in [2.45, 2.75) is 19.8 Å². The van der Waals surface area contributed by atoms with E-state index in [0.29, 0.717) is 6.54 Å². The van der Waals surface area contributed by atoms with Crippen molar-refractivity contribution in [3.63, 3.8) is 0 Å². The molecule has 0 bridgehead atoms. The Balaban J connectivity index is 1.78. The highest BCUT2D eigenvalue weighted by atomic mass is 35.5. The Hall–Kier alpha value is -1.75. The SMILES string of the molecule is CN=C(NCCCc1ccc(Cl)cc1)N1CC(C)C(C(=O)OC)C1. The number of likely N-dealkylation sites (tertiary alicyclic amines) is 1. The van der Waals surface area contributed by atoms with E-state index < -0.39 is 0 Å². The van der Waals surface area contributed by atoms with Crippen LogP contribution >= 0.6 is 11.6 Å². The zero-order valence-electron chi connectivity index (χ0n) is 14.6. The number of nitrogens with one attached hydrogen (secondary N) is 1. The molecule has 1 aliphatic heterocycles. The van der Waals surface area contributed by atoms with Gasteiger partial charge in [-0.15, -0.1) is 0 Å². The maximum atomic E-state index is 11.8. The predicted octanol–water partition coefficient (Wildman–Crippen LogP) is 2.59. The minimum Gasteiger partial charge on any atom is -0.469 e. The molecule has 0 aliphatic carbocycles. The Labute approximate surface area is 149 Å². The molecule has 1 fully saturated rings. The van der Waals surface area contributed by atoms with Crippen molar-refractivity contribution >= 4 is 23.5 Å². The molecule has 1 aromatic rings. The first-order chi connectivity index (χ1) is 11.5. The van der Waals surface area contributed by atoms with Crippen molar-refractivity contribution < 1.29 is 9.53 Å². The largest absolute Gasteiger partial charge is 0.469 e. The van der Waals surface area contributed by atoms with Gasteiger partial charge in [0, 0.05) is 31.7 Å². The highest BCUT2D eigenvalue weighted by Crippen LogP contribution is 2.24. The molecule has 1 heterocycles. The van der Waals surface area contributed by atoms with Gasteiger partial charge in [-0.05, 0) is 36.5 Å². The summed E-state index contributed by atoms with van der Waals surface area (Å²) in [7, 11) is 3.22. The number of aliphatic imine (C=N–C) groups is 1. The minimum atomic E-state index is -0.136. The molecule has 132 valence electrons. The number of benzene rings is 1. The van der Waals surface area contributed by atoms with Crippen molar-refractivity contribution in [3.8, 4) is 0 Å². The summed E-state index contributed by atoms with van der Waals surface area (Å²) in [6.07, 6.45) is 1.99. The fourth-order valence-electron chi connectivity index (χ4n) is 3.07. The summed E-state index contributed by atoms with van der Waals surface area (Å²) < 4.78 is 4.89. The quantitative estimate of drug-likeness (QED) is 0.383. The lowest BCUT2D eigenvalue weighted by atomic mass is 9.99. The van der Waals surface area contributed by atoms with Crippen LogP contribution in [0.3, 0.4) is 0 Å². The number of ether oxygens (including phenoxy) is 1. The average molecular weight is 352 g/mol. The van der Waals surface area contributed by atoms with Gasteiger partial charge >= 0.3 is 5.97 Å². The zero-order chi connectivity index (χ0) is 17.5. The van der Waals surface area contributed by atoms with Crippen molar-refractivity contribution in [1.29, 1.82) is 0 Å². The van der Waals surface area contributed by atoms with Crippen molar-refractivity contribution in [3.05, 3.63) is 34.9 Å². The molecule has 1 N–H and O–H groups in total. The van der Waals surface area contributed by atoms with E-state index in [-0.39, 0.29) is 17.8 Å². The van der Waals surface area contributed by atoms with E-state index in [4.69, 9.17) is 16.3 Å². The van der Waals surface area contributed by atoms with Crippen LogP contribution in [0.5, 0.6) is 0 Å². The van der Waals surface area contributed by atoms with Crippen LogP contribution in [0.4, 0.5) is 0 Å². The Bertz CT molecular complexity index is 574. The van der Waals surface area contributed by atoms with Crippen molar-refractivity contribution in [2.75, 3.05) is 33.8 Å². The number of carbonyl (C=O) groups excluding carboxylic acids is 1. The highest BCUT2D eigenvalue weighted by molar-refractivity contribution is 6.30. The summed E-state index contributed by atoms with van der Waals surface area (Å²) in [6, 6.07) is 7.95. The van der Waals surface area contributed by atoms with Crippen LogP contribution in [0, 0.1) is 11.8 Å². The van der Waals surface area contributed by atoms with E-state index in [1.807, 2.05) is 12.1 Å². The fraction of sp³-hybridized carbons (Fsp3) is 0.556. The third-order valence-corrected chi connectivity index (χ3v) is 4.72. The normalized spacial score (nSPS) is 21.0. The molecule has 0 spiro atoms. The first kappa shape index (κ1) is 18.6. The number of guanidine groups is 1. The van der Waals surface area contributed by atoms with Crippen LogP contribution in [-0.2, 0) is 16.0 Å². The van der Waals surface area contributed by atoms with Gasteiger partial charge in [0.2, 0.25) is 0 Å². The van der Waals surface area contributed by atoms with E-state index in [1.165, 1.54) is 12.7 Å². The van der Waals surface area contributed by atoms with Crippen molar-refractivity contribution in [1.82, 2.24) is 10.2 Å². The first-order valence-electron chi connectivity index (χ1n) is 8.33. The summed E-state index contributed by atoms with van der Waals surface area (Å²) >= 11 is 5.90. The predicted molar refractivity (Wildman–Crippen MR) is 97.4 cm³/mol. The number of hydrogen-bond acceptors (Lipinski definition) is 3. The fourth-order valence-corrected chi connectivity index (χ4v) is 3.20. The molecule has 0 radical (unpaired) electrons. The molecule has 5 nitrogen and oxygen atoms in total. The number of nitrogens with zero attached hydrogens (tertiary/aromatic N) is 2. The Morgan fingerprint density at radius 2 is 2.08 bits per heavy atom. The van der Waals surface area contributed by atoms with Gasteiger partial charge in [-0.2, -0.15) is 0 Å². The number of methoxy groups -OCH3 is 1. The molecule has 2 atom stereocenters. The molecule has 24 heavy (non-hydrogen) atoms. The number of hydrogen-bond donors (Lipinski definition) is 1. The smallest absolute Gasteiger partial charge is 0.310 e. The van der Waals surface area contributed by atoms with Gasteiger partial charge < -0.3 is 15.0 Å². The number of carbonyl (C=O) groups is 1. The Morgan fingerprint density at radius 1 is 1.38 bits per heavy atom. The molecule has 2 unspecified atom stereocenters. The van der Waals surface area contributed by atoms with E-state index in [0.717, 1.165) is 36.9 Å². The average Bonchev–Trinajstić information content (AvgIpc) is 2.97. The third-order valence-electron chi connectivity index (χ3n) is 4.47. The molecule has 0 amide bonds. The summed E-state index contributed by atoms with van der Waals surface area (Å²) in [5.74, 6) is 0.903. The molecule has 0 saturated carbocycles. The van der Waals surface area contributed by atoms with E-state index in [2.05, 4.69) is 34.3 Å². The summed E-state index contributed by atoms with van der Waals surface area (Å²) in [4.78, 5) is 18.3. The second-order valence-electron chi connectivity index (χ2n) is 6.22. The van der Waals surface area contributed by atoms with Gasteiger partial charge in [-0.1, -0.05) is 30.7 Å². The van der Waals surface area contributed by atoms with Gasteiger partial charge in [0.25, 0.3) is 0 Å². The molecule has 1 saturated heterocycles. The molecule has 1 aliphatic rings. The van der Waals surface area contributed by atoms with Crippen LogP contribution in [0.15, 0.2) is 29.3 Å². The number of rotatable bonds is 5. The number of halogens is 1. The monoisotopic (exact) mass is 351 g/mol. The lowest BCUT2D eigenvalue weighted by Gasteiger charge is -2.21. The van der Waals surface area contributed by atoms with E-state index in [1.54, 1.807) is 7.05 Å². The minimum absolute atomic E-state index is 0.0809. The second kappa shape index (κ2) is 8.92. The van der Waals surface area contributed by atoms with Crippen LogP contribution in [-0.4, -0.2) is 50.6 Å². The molecule has 2 rings (SSSR count).